The zero-order valence-corrected chi connectivity index (χ0v) is 10.1. The Morgan fingerprint density at radius 2 is 2.12 bits per heavy atom. The van der Waals surface area contributed by atoms with Gasteiger partial charge in [0.1, 0.15) is 5.82 Å². The van der Waals surface area contributed by atoms with Gasteiger partial charge in [0.05, 0.1) is 6.20 Å². The largest absolute Gasteiger partial charge is 0.305 e. The summed E-state index contributed by atoms with van der Waals surface area (Å²) in [5.41, 5.74) is 0.211. The van der Waals surface area contributed by atoms with Gasteiger partial charge in [0.2, 0.25) is 0 Å². The fourth-order valence-electron chi connectivity index (χ4n) is 1.24. The van der Waals surface area contributed by atoms with Crippen LogP contribution in [0.1, 0.15) is 10.4 Å². The van der Waals surface area contributed by atoms with Gasteiger partial charge in [0.15, 0.2) is 5.82 Å². The van der Waals surface area contributed by atoms with Gasteiger partial charge in [-0.2, -0.15) is 0 Å². The number of carbonyl (C=O) groups excluding carboxylic acids is 1. The van der Waals surface area contributed by atoms with Crippen LogP contribution in [0.15, 0.2) is 41.3 Å². The summed E-state index contributed by atoms with van der Waals surface area (Å²) in [4.78, 5) is 19.4. The molecule has 2 rings (SSSR count). The molecule has 6 heteroatoms. The Hall–Kier alpha value is -1.82. The van der Waals surface area contributed by atoms with Crippen LogP contribution < -0.4 is 5.32 Å². The number of halogens is 2. The Kier molecular flexibility index (Phi) is 3.43. The molecule has 0 unspecified atom stereocenters. The molecule has 4 nitrogen and oxygen atoms in total. The van der Waals surface area contributed by atoms with Gasteiger partial charge in [-0.1, -0.05) is 15.9 Å². The topological polar surface area (TPSA) is 54.9 Å². The summed E-state index contributed by atoms with van der Waals surface area (Å²) in [5, 5.41) is 2.51. The molecule has 0 atom stereocenters. The van der Waals surface area contributed by atoms with Gasteiger partial charge in [-0.15, -0.1) is 0 Å². The van der Waals surface area contributed by atoms with E-state index in [1.165, 1.54) is 30.7 Å². The number of nitrogens with one attached hydrogen (secondary N) is 1. The van der Waals surface area contributed by atoms with Gasteiger partial charge >= 0.3 is 0 Å². The van der Waals surface area contributed by atoms with Crippen molar-refractivity contribution in [2.45, 2.75) is 0 Å². The summed E-state index contributed by atoms with van der Waals surface area (Å²) < 4.78 is 13.6. The van der Waals surface area contributed by atoms with Crippen LogP contribution in [0.3, 0.4) is 0 Å². The maximum Gasteiger partial charge on any atom is 0.257 e. The van der Waals surface area contributed by atoms with Crippen molar-refractivity contribution >= 4 is 27.7 Å². The Morgan fingerprint density at radius 1 is 1.29 bits per heavy atom. The molecule has 17 heavy (non-hydrogen) atoms. The lowest BCUT2D eigenvalue weighted by molar-refractivity contribution is 0.102. The average molecular weight is 296 g/mol. The van der Waals surface area contributed by atoms with Gasteiger partial charge in [-0.25, -0.2) is 9.37 Å². The number of carbonyl (C=O) groups is 1. The highest BCUT2D eigenvalue weighted by atomic mass is 79.9. The zero-order valence-electron chi connectivity index (χ0n) is 8.52. The summed E-state index contributed by atoms with van der Waals surface area (Å²) in [6.45, 7) is 0. The molecule has 1 aromatic heterocycles. The van der Waals surface area contributed by atoms with Crippen LogP contribution in [0.25, 0.3) is 0 Å². The lowest BCUT2D eigenvalue weighted by atomic mass is 10.2. The number of amides is 1. The summed E-state index contributed by atoms with van der Waals surface area (Å²) in [6, 6.07) is 3.95. The van der Waals surface area contributed by atoms with E-state index >= 15 is 0 Å². The van der Waals surface area contributed by atoms with Gasteiger partial charge in [0.25, 0.3) is 5.91 Å². The average Bonchev–Trinajstić information content (AvgIpc) is 2.29. The molecule has 0 saturated carbocycles. The van der Waals surface area contributed by atoms with Crippen LogP contribution in [0.2, 0.25) is 0 Å². The summed E-state index contributed by atoms with van der Waals surface area (Å²) in [7, 11) is 0. The van der Waals surface area contributed by atoms with Crippen molar-refractivity contribution in [3.05, 3.63) is 52.6 Å². The second-order valence-electron chi connectivity index (χ2n) is 3.20. The number of benzene rings is 1. The fraction of sp³-hybridized carbons (Fsp3) is 0. The van der Waals surface area contributed by atoms with Gasteiger partial charge < -0.3 is 5.32 Å². The molecule has 2 aromatic rings. The second kappa shape index (κ2) is 5.01. The number of hydrogen-bond acceptors (Lipinski definition) is 3. The highest BCUT2D eigenvalue weighted by Crippen LogP contribution is 2.15. The Morgan fingerprint density at radius 3 is 2.76 bits per heavy atom. The highest BCUT2D eigenvalue weighted by Gasteiger charge is 2.09. The van der Waals surface area contributed by atoms with Crippen molar-refractivity contribution in [2.75, 3.05) is 5.32 Å². The van der Waals surface area contributed by atoms with Crippen molar-refractivity contribution in [2.24, 2.45) is 0 Å². The third kappa shape index (κ3) is 3.07. The first-order valence-corrected chi connectivity index (χ1v) is 5.48. The van der Waals surface area contributed by atoms with E-state index in [1.807, 2.05) is 0 Å². The van der Waals surface area contributed by atoms with Crippen LogP contribution in [0.4, 0.5) is 10.2 Å². The first kappa shape index (κ1) is 11.7. The molecule has 0 aliphatic heterocycles. The van der Waals surface area contributed by atoms with Crippen LogP contribution in [-0.2, 0) is 0 Å². The standard InChI is InChI=1S/C11H7BrFN3O/c12-8-3-7(4-9(13)5-8)11(17)16-10-6-14-1-2-15-10/h1-6H,(H,15,16,17). The van der Waals surface area contributed by atoms with E-state index in [2.05, 4.69) is 31.2 Å². The third-order valence-electron chi connectivity index (χ3n) is 1.93. The normalized spacial score (nSPS) is 10.0. The van der Waals surface area contributed by atoms with Crippen molar-refractivity contribution in [1.29, 1.82) is 0 Å². The molecule has 0 bridgehead atoms. The SMILES string of the molecule is O=C(Nc1cnccn1)c1cc(F)cc(Br)c1. The monoisotopic (exact) mass is 295 g/mol. The van der Waals surface area contributed by atoms with E-state index in [0.717, 1.165) is 6.07 Å². The molecule has 0 aliphatic rings. The van der Waals surface area contributed by atoms with Crippen LogP contribution in [0.5, 0.6) is 0 Å². The number of rotatable bonds is 2. The molecule has 0 radical (unpaired) electrons. The molecule has 0 aliphatic carbocycles. The Balaban J connectivity index is 2.20. The van der Waals surface area contributed by atoms with Crippen molar-refractivity contribution in [1.82, 2.24) is 9.97 Å². The van der Waals surface area contributed by atoms with E-state index in [-0.39, 0.29) is 5.56 Å². The zero-order chi connectivity index (χ0) is 12.3. The molecule has 0 saturated heterocycles. The van der Waals surface area contributed by atoms with E-state index in [4.69, 9.17) is 0 Å². The number of aromatic nitrogens is 2. The maximum absolute atomic E-state index is 13.1. The van der Waals surface area contributed by atoms with Crippen molar-refractivity contribution in [3.63, 3.8) is 0 Å². The predicted molar refractivity (Wildman–Crippen MR) is 64.1 cm³/mol. The predicted octanol–water partition coefficient (Wildman–Crippen LogP) is 2.63. The maximum atomic E-state index is 13.1. The quantitative estimate of drug-likeness (QED) is 0.927. The first-order chi connectivity index (χ1) is 8.15. The van der Waals surface area contributed by atoms with E-state index in [9.17, 15) is 9.18 Å². The Labute approximate surface area is 105 Å². The number of anilines is 1. The molecule has 1 amide bonds. The molecular weight excluding hydrogens is 289 g/mol. The lowest BCUT2D eigenvalue weighted by Gasteiger charge is -2.04. The highest BCUT2D eigenvalue weighted by molar-refractivity contribution is 9.10. The van der Waals surface area contributed by atoms with Crippen LogP contribution in [-0.4, -0.2) is 15.9 Å². The molecule has 0 fully saturated rings. The lowest BCUT2D eigenvalue weighted by Crippen LogP contribution is -2.13. The summed E-state index contributed by atoms with van der Waals surface area (Å²) in [6.07, 6.45) is 4.36. The van der Waals surface area contributed by atoms with E-state index < -0.39 is 11.7 Å². The minimum Gasteiger partial charge on any atom is -0.305 e. The third-order valence-corrected chi connectivity index (χ3v) is 2.39. The van der Waals surface area contributed by atoms with E-state index in [1.54, 1.807) is 0 Å². The summed E-state index contributed by atoms with van der Waals surface area (Å²) in [5.74, 6) is -0.604. The summed E-state index contributed by atoms with van der Waals surface area (Å²) >= 11 is 3.12. The molecule has 1 N–H and O–H groups in total. The van der Waals surface area contributed by atoms with Crippen LogP contribution >= 0.6 is 15.9 Å². The number of hydrogen-bond donors (Lipinski definition) is 1. The minimum absolute atomic E-state index is 0.211. The Bertz CT molecular complexity index is 527. The van der Waals surface area contributed by atoms with Gasteiger partial charge in [-0.3, -0.25) is 9.78 Å². The van der Waals surface area contributed by atoms with Gasteiger partial charge in [0, 0.05) is 22.4 Å². The smallest absolute Gasteiger partial charge is 0.257 e. The van der Waals surface area contributed by atoms with Crippen LogP contribution in [0, 0.1) is 5.82 Å². The van der Waals surface area contributed by atoms with Gasteiger partial charge in [-0.05, 0) is 18.2 Å². The molecule has 0 spiro atoms. The van der Waals surface area contributed by atoms with E-state index in [0.29, 0.717) is 10.3 Å². The van der Waals surface area contributed by atoms with Crippen molar-refractivity contribution in [3.8, 4) is 0 Å². The molecular formula is C11H7BrFN3O. The molecule has 1 aromatic carbocycles. The minimum atomic E-state index is -0.483. The second-order valence-corrected chi connectivity index (χ2v) is 4.12. The first-order valence-electron chi connectivity index (χ1n) is 4.68. The van der Waals surface area contributed by atoms with Crippen molar-refractivity contribution < 1.29 is 9.18 Å². The molecule has 86 valence electrons. The molecule has 1 heterocycles. The number of nitrogens with zero attached hydrogens (tertiary/aromatic N) is 2. The fourth-order valence-corrected chi connectivity index (χ4v) is 1.70.